The number of hydrogen-bond donors (Lipinski definition) is 0. The lowest BCUT2D eigenvalue weighted by Gasteiger charge is -2.19. The highest BCUT2D eigenvalue weighted by Gasteiger charge is 2.28. The Labute approximate surface area is 80.1 Å². The number of hydrogen-bond acceptors (Lipinski definition) is 3. The van der Waals surface area contributed by atoms with Crippen LogP contribution in [0, 0.1) is 0 Å². The van der Waals surface area contributed by atoms with Gasteiger partial charge in [0.15, 0.2) is 0 Å². The third-order valence-electron chi connectivity index (χ3n) is 1.41. The molecule has 0 aliphatic carbocycles. The van der Waals surface area contributed by atoms with E-state index in [2.05, 4.69) is 4.74 Å². The van der Waals surface area contributed by atoms with Crippen molar-refractivity contribution in [3.05, 3.63) is 12.3 Å². The zero-order chi connectivity index (χ0) is 11.2. The number of carbonyl (C=O) groups is 1. The third kappa shape index (κ3) is 6.33. The van der Waals surface area contributed by atoms with Crippen LogP contribution in [0.3, 0.4) is 0 Å². The highest BCUT2D eigenvalue weighted by Crippen LogP contribution is 2.16. The van der Waals surface area contributed by atoms with E-state index in [0.717, 1.165) is 24.3 Å². The predicted octanol–water partition coefficient (Wildman–Crippen LogP) is 1.56. The van der Waals surface area contributed by atoms with Crippen LogP contribution in [0.5, 0.6) is 0 Å². The minimum absolute atomic E-state index is 0.174. The molecule has 0 amide bonds. The number of esters is 1. The third-order valence-corrected chi connectivity index (χ3v) is 1.41. The second-order valence-electron chi connectivity index (χ2n) is 2.52. The van der Waals surface area contributed by atoms with Gasteiger partial charge in [0.1, 0.15) is 6.54 Å². The van der Waals surface area contributed by atoms with E-state index in [-0.39, 0.29) is 6.54 Å². The monoisotopic (exact) mass is 211 g/mol. The predicted molar refractivity (Wildman–Crippen MR) is 44.5 cm³/mol. The highest BCUT2D eigenvalue weighted by atomic mass is 19.4. The molecule has 0 heterocycles. The molecule has 0 aromatic rings. The molecule has 0 spiro atoms. The maximum Gasteiger partial charge on any atom is 0.405 e. The SMILES string of the molecule is CCN(C=CC(=O)OC)CC(F)(F)F. The average molecular weight is 211 g/mol. The summed E-state index contributed by atoms with van der Waals surface area (Å²) in [6.45, 7) is 0.664. The summed E-state index contributed by atoms with van der Waals surface area (Å²) in [4.78, 5) is 11.6. The van der Waals surface area contributed by atoms with E-state index in [1.807, 2.05) is 0 Å². The Balaban J connectivity index is 4.16. The first-order chi connectivity index (χ1) is 6.39. The number of rotatable bonds is 4. The summed E-state index contributed by atoms with van der Waals surface area (Å²) >= 11 is 0. The van der Waals surface area contributed by atoms with Crippen molar-refractivity contribution >= 4 is 5.97 Å². The smallest absolute Gasteiger partial charge is 0.405 e. The van der Waals surface area contributed by atoms with Gasteiger partial charge in [-0.05, 0) is 6.92 Å². The summed E-state index contributed by atoms with van der Waals surface area (Å²) < 4.78 is 40.0. The van der Waals surface area contributed by atoms with Gasteiger partial charge in [-0.25, -0.2) is 4.79 Å². The molecule has 14 heavy (non-hydrogen) atoms. The van der Waals surface area contributed by atoms with E-state index in [1.54, 1.807) is 6.92 Å². The quantitative estimate of drug-likeness (QED) is 0.522. The largest absolute Gasteiger partial charge is 0.466 e. The first-order valence-corrected chi connectivity index (χ1v) is 3.96. The summed E-state index contributed by atoms with van der Waals surface area (Å²) in [5, 5.41) is 0. The van der Waals surface area contributed by atoms with E-state index >= 15 is 0 Å². The number of ether oxygens (including phenoxy) is 1. The molecular formula is C8H12F3NO2. The fourth-order valence-corrected chi connectivity index (χ4v) is 0.735. The van der Waals surface area contributed by atoms with E-state index in [1.165, 1.54) is 0 Å². The van der Waals surface area contributed by atoms with Gasteiger partial charge in [-0.2, -0.15) is 13.2 Å². The molecule has 0 fully saturated rings. The minimum Gasteiger partial charge on any atom is -0.466 e. The lowest BCUT2D eigenvalue weighted by atomic mass is 10.5. The molecule has 0 saturated heterocycles. The molecule has 0 aliphatic rings. The van der Waals surface area contributed by atoms with E-state index in [4.69, 9.17) is 0 Å². The number of methoxy groups -OCH3 is 1. The van der Waals surface area contributed by atoms with Crippen LogP contribution in [0.25, 0.3) is 0 Å². The van der Waals surface area contributed by atoms with Gasteiger partial charge in [0.25, 0.3) is 0 Å². The van der Waals surface area contributed by atoms with Crippen LogP contribution in [0.15, 0.2) is 12.3 Å². The van der Waals surface area contributed by atoms with Gasteiger partial charge in [-0.1, -0.05) is 0 Å². The number of carbonyl (C=O) groups excluding carboxylic acids is 1. The highest BCUT2D eigenvalue weighted by molar-refractivity contribution is 5.81. The van der Waals surface area contributed by atoms with Gasteiger partial charge >= 0.3 is 12.1 Å². The van der Waals surface area contributed by atoms with Crippen molar-refractivity contribution in [2.75, 3.05) is 20.2 Å². The van der Waals surface area contributed by atoms with Crippen LogP contribution in [0.2, 0.25) is 0 Å². The van der Waals surface area contributed by atoms with Crippen LogP contribution >= 0.6 is 0 Å². The van der Waals surface area contributed by atoms with Crippen molar-refractivity contribution in [3.8, 4) is 0 Å². The number of alkyl halides is 3. The Morgan fingerprint density at radius 2 is 2.07 bits per heavy atom. The van der Waals surface area contributed by atoms with E-state index in [9.17, 15) is 18.0 Å². The fraction of sp³-hybridized carbons (Fsp3) is 0.625. The van der Waals surface area contributed by atoms with Crippen molar-refractivity contribution in [1.29, 1.82) is 0 Å². The van der Waals surface area contributed by atoms with Gasteiger partial charge in [-0.15, -0.1) is 0 Å². The Kier molecular flexibility index (Phi) is 5.04. The summed E-state index contributed by atoms with van der Waals surface area (Å²) in [5.41, 5.74) is 0. The molecule has 0 rings (SSSR count). The van der Waals surface area contributed by atoms with Gasteiger partial charge < -0.3 is 9.64 Å². The Bertz CT molecular complexity index is 213. The molecular weight excluding hydrogens is 199 g/mol. The standard InChI is InChI=1S/C8H12F3NO2/c1-3-12(6-8(9,10)11)5-4-7(13)14-2/h4-5H,3,6H2,1-2H3. The molecule has 0 N–H and O–H groups in total. The Morgan fingerprint density at radius 1 is 1.50 bits per heavy atom. The summed E-state index contributed by atoms with van der Waals surface area (Å²) in [5.74, 6) is -0.675. The zero-order valence-electron chi connectivity index (χ0n) is 7.97. The minimum atomic E-state index is -4.27. The summed E-state index contributed by atoms with van der Waals surface area (Å²) in [7, 11) is 1.16. The molecule has 0 aliphatic heterocycles. The molecule has 0 atom stereocenters. The van der Waals surface area contributed by atoms with Crippen molar-refractivity contribution in [1.82, 2.24) is 4.90 Å². The maximum atomic E-state index is 11.9. The number of halogens is 3. The molecule has 0 aromatic carbocycles. The Hall–Kier alpha value is -1.20. The zero-order valence-corrected chi connectivity index (χ0v) is 7.97. The molecule has 0 unspecified atom stereocenters. The first-order valence-electron chi connectivity index (χ1n) is 3.96. The van der Waals surface area contributed by atoms with Gasteiger partial charge in [0, 0.05) is 18.8 Å². The van der Waals surface area contributed by atoms with Crippen molar-refractivity contribution in [3.63, 3.8) is 0 Å². The lowest BCUT2D eigenvalue weighted by Crippen LogP contribution is -2.30. The van der Waals surface area contributed by atoms with Crippen molar-refractivity contribution < 1.29 is 22.7 Å². The maximum absolute atomic E-state index is 11.9. The van der Waals surface area contributed by atoms with Crippen LogP contribution in [-0.4, -0.2) is 37.2 Å². The lowest BCUT2D eigenvalue weighted by molar-refractivity contribution is -0.141. The van der Waals surface area contributed by atoms with Crippen LogP contribution in [0.4, 0.5) is 13.2 Å². The molecule has 3 nitrogen and oxygen atoms in total. The second kappa shape index (κ2) is 5.51. The molecule has 0 aromatic heterocycles. The number of nitrogens with zero attached hydrogens (tertiary/aromatic N) is 1. The van der Waals surface area contributed by atoms with Crippen molar-refractivity contribution in [2.45, 2.75) is 13.1 Å². The molecule has 82 valence electrons. The topological polar surface area (TPSA) is 29.5 Å². The molecule has 0 radical (unpaired) electrons. The molecule has 6 heteroatoms. The average Bonchev–Trinajstić information content (AvgIpc) is 2.09. The fourth-order valence-electron chi connectivity index (χ4n) is 0.735. The van der Waals surface area contributed by atoms with Crippen LogP contribution < -0.4 is 0 Å². The summed E-state index contributed by atoms with van der Waals surface area (Å²) in [6, 6.07) is 0. The van der Waals surface area contributed by atoms with Gasteiger partial charge in [0.05, 0.1) is 7.11 Å². The van der Waals surface area contributed by atoms with Crippen LogP contribution in [-0.2, 0) is 9.53 Å². The first kappa shape index (κ1) is 12.8. The van der Waals surface area contributed by atoms with Crippen LogP contribution in [0.1, 0.15) is 6.92 Å². The molecule has 0 bridgehead atoms. The van der Waals surface area contributed by atoms with E-state index < -0.39 is 18.7 Å². The molecule has 0 saturated carbocycles. The second-order valence-corrected chi connectivity index (χ2v) is 2.52. The van der Waals surface area contributed by atoms with E-state index in [0.29, 0.717) is 0 Å². The van der Waals surface area contributed by atoms with Crippen molar-refractivity contribution in [2.24, 2.45) is 0 Å². The Morgan fingerprint density at radius 3 is 2.43 bits per heavy atom. The van der Waals surface area contributed by atoms with Gasteiger partial charge in [-0.3, -0.25) is 0 Å². The van der Waals surface area contributed by atoms with Gasteiger partial charge in [0.2, 0.25) is 0 Å². The summed E-state index contributed by atoms with van der Waals surface area (Å²) in [6.07, 6.45) is -2.25. The normalized spacial score (nSPS) is 11.8.